The van der Waals surface area contributed by atoms with Crippen LogP contribution in [-0.2, 0) is 19.1 Å². The molecule has 0 aromatic carbocycles. The SMILES string of the molecule is CSC1=NC2C(C(=O)N1)C(=O)C(C(N)=O)=CN2C1OC(CO)C(O)[C@@]1(C)O. The summed E-state index contributed by atoms with van der Waals surface area (Å²) in [5, 5.41) is 33.0. The molecule has 3 aliphatic heterocycles. The summed E-state index contributed by atoms with van der Waals surface area (Å²) in [6.07, 6.45) is -2.21. The van der Waals surface area contributed by atoms with E-state index in [1.165, 1.54) is 11.8 Å². The van der Waals surface area contributed by atoms with Crippen LogP contribution in [0.25, 0.3) is 0 Å². The van der Waals surface area contributed by atoms with Crippen LogP contribution in [0.4, 0.5) is 0 Å². The van der Waals surface area contributed by atoms with Gasteiger partial charge >= 0.3 is 0 Å². The van der Waals surface area contributed by atoms with Crippen molar-refractivity contribution < 1.29 is 34.4 Å². The van der Waals surface area contributed by atoms with E-state index in [1.807, 2.05) is 0 Å². The van der Waals surface area contributed by atoms with Crippen molar-refractivity contribution >= 4 is 34.5 Å². The maximum atomic E-state index is 12.6. The third kappa shape index (κ3) is 3.02. The topological polar surface area (TPSA) is 175 Å². The number of Topliss-reactive ketones (excluding diaryl/α,β-unsaturated/α-hetero) is 1. The minimum atomic E-state index is -1.89. The van der Waals surface area contributed by atoms with Crippen LogP contribution in [0.15, 0.2) is 16.8 Å². The number of aliphatic hydroxyl groups excluding tert-OH is 2. The van der Waals surface area contributed by atoms with Gasteiger partial charge in [-0.3, -0.25) is 14.4 Å². The standard InChI is InChI=1S/C15H20N4O7S/c1-15(25)9(22)6(4-20)26-13(15)19-3-5(10(16)23)8(21)7-11(19)17-14(27-2)18-12(7)24/h3,6-7,9,11,13,20,22,25H,4H2,1-2H3,(H2,16,23)(H,17,18,24)/t6?,7?,9?,11?,13?,15-/m1/s1. The Morgan fingerprint density at radius 2 is 2.19 bits per heavy atom. The number of rotatable bonds is 3. The summed E-state index contributed by atoms with van der Waals surface area (Å²) in [6.45, 7) is 0.712. The number of aliphatic hydroxyl groups is 3. The first-order valence-electron chi connectivity index (χ1n) is 8.06. The number of hydrogen-bond acceptors (Lipinski definition) is 10. The molecule has 5 unspecified atom stereocenters. The van der Waals surface area contributed by atoms with Crippen molar-refractivity contribution in [2.45, 2.75) is 37.1 Å². The molecule has 0 aromatic heterocycles. The monoisotopic (exact) mass is 400 g/mol. The van der Waals surface area contributed by atoms with E-state index in [9.17, 15) is 29.7 Å². The number of ether oxygens (including phenoxy) is 1. The molecule has 27 heavy (non-hydrogen) atoms. The first kappa shape index (κ1) is 19.8. The van der Waals surface area contributed by atoms with Crippen molar-refractivity contribution in [1.29, 1.82) is 0 Å². The summed E-state index contributed by atoms with van der Waals surface area (Å²) in [5.41, 5.74) is 2.93. The number of fused-ring (bicyclic) bond motifs is 1. The molecule has 1 fully saturated rings. The highest BCUT2D eigenvalue weighted by molar-refractivity contribution is 8.13. The zero-order chi connectivity index (χ0) is 20.1. The van der Waals surface area contributed by atoms with Gasteiger partial charge < -0.3 is 36.0 Å². The van der Waals surface area contributed by atoms with Crippen LogP contribution in [0.2, 0.25) is 0 Å². The summed E-state index contributed by atoms with van der Waals surface area (Å²) in [6, 6.07) is 0. The molecule has 0 radical (unpaired) electrons. The average molecular weight is 400 g/mol. The van der Waals surface area contributed by atoms with Gasteiger partial charge in [-0.2, -0.15) is 0 Å². The Labute approximate surface area is 158 Å². The molecule has 6 N–H and O–H groups in total. The van der Waals surface area contributed by atoms with Gasteiger partial charge in [-0.25, -0.2) is 4.99 Å². The van der Waals surface area contributed by atoms with E-state index in [0.29, 0.717) is 0 Å². The lowest BCUT2D eigenvalue weighted by atomic mass is 9.87. The minimum Gasteiger partial charge on any atom is -0.394 e. The van der Waals surface area contributed by atoms with Gasteiger partial charge in [-0.1, -0.05) is 11.8 Å². The molecule has 12 heteroatoms. The number of ketones is 1. The Bertz CT molecular complexity index is 752. The largest absolute Gasteiger partial charge is 0.394 e. The van der Waals surface area contributed by atoms with Crippen LogP contribution in [0.5, 0.6) is 0 Å². The second-order valence-corrected chi connectivity index (χ2v) is 7.41. The second kappa shape index (κ2) is 6.87. The Morgan fingerprint density at radius 3 is 2.70 bits per heavy atom. The Hall–Kier alpha value is -1.99. The number of carbonyl (C=O) groups excluding carboxylic acids is 3. The summed E-state index contributed by atoms with van der Waals surface area (Å²) < 4.78 is 5.55. The summed E-state index contributed by atoms with van der Waals surface area (Å²) in [7, 11) is 0. The maximum Gasteiger partial charge on any atom is 0.253 e. The number of carbonyl (C=O) groups is 3. The summed E-state index contributed by atoms with van der Waals surface area (Å²) >= 11 is 1.14. The van der Waals surface area contributed by atoms with Crippen LogP contribution in [-0.4, -0.2) is 86.1 Å². The fourth-order valence-corrected chi connectivity index (χ4v) is 3.82. The third-order valence-electron chi connectivity index (χ3n) is 4.86. The van der Waals surface area contributed by atoms with Crippen molar-refractivity contribution in [2.75, 3.05) is 12.9 Å². The number of nitrogens with zero attached hydrogens (tertiary/aromatic N) is 2. The van der Waals surface area contributed by atoms with Crippen molar-refractivity contribution in [3.63, 3.8) is 0 Å². The van der Waals surface area contributed by atoms with Gasteiger partial charge in [0.25, 0.3) is 5.91 Å². The molecule has 0 spiro atoms. The summed E-state index contributed by atoms with van der Waals surface area (Å²) in [5.74, 6) is -3.88. The van der Waals surface area contributed by atoms with E-state index >= 15 is 0 Å². The third-order valence-corrected chi connectivity index (χ3v) is 5.45. The molecule has 6 atom stereocenters. The molecule has 3 aliphatic rings. The number of aliphatic imine (C=N–C) groups is 1. The zero-order valence-corrected chi connectivity index (χ0v) is 15.3. The number of amides is 2. The summed E-state index contributed by atoms with van der Waals surface area (Å²) in [4.78, 5) is 42.3. The van der Waals surface area contributed by atoms with Crippen molar-refractivity contribution in [3.05, 3.63) is 11.8 Å². The van der Waals surface area contributed by atoms with Gasteiger partial charge in [0, 0.05) is 6.20 Å². The van der Waals surface area contributed by atoms with Crippen molar-refractivity contribution in [3.8, 4) is 0 Å². The van der Waals surface area contributed by atoms with Crippen molar-refractivity contribution in [1.82, 2.24) is 10.2 Å². The Balaban J connectivity index is 2.12. The van der Waals surface area contributed by atoms with Gasteiger partial charge in [-0.05, 0) is 13.2 Å². The van der Waals surface area contributed by atoms with Gasteiger partial charge in [0.15, 0.2) is 17.2 Å². The van der Waals surface area contributed by atoms with Gasteiger partial charge in [-0.15, -0.1) is 0 Å². The van der Waals surface area contributed by atoms with Gasteiger partial charge in [0.1, 0.15) is 29.9 Å². The molecular formula is C15H20N4O7S. The maximum absolute atomic E-state index is 12.6. The fraction of sp³-hybridized carbons (Fsp3) is 0.600. The molecule has 11 nitrogen and oxygen atoms in total. The van der Waals surface area contributed by atoms with E-state index in [-0.39, 0.29) is 5.17 Å². The Morgan fingerprint density at radius 1 is 1.52 bits per heavy atom. The molecular weight excluding hydrogens is 380 g/mol. The highest BCUT2D eigenvalue weighted by atomic mass is 32.2. The van der Waals surface area contributed by atoms with E-state index in [1.54, 1.807) is 6.26 Å². The van der Waals surface area contributed by atoms with Crippen LogP contribution in [0.3, 0.4) is 0 Å². The highest BCUT2D eigenvalue weighted by Crippen LogP contribution is 2.39. The Kier molecular flexibility index (Phi) is 5.03. The number of nitrogens with one attached hydrogen (secondary N) is 1. The van der Waals surface area contributed by atoms with E-state index in [0.717, 1.165) is 18.0 Å². The van der Waals surface area contributed by atoms with Crippen LogP contribution < -0.4 is 11.1 Å². The molecule has 0 aromatic rings. The van der Waals surface area contributed by atoms with Crippen molar-refractivity contribution in [2.24, 2.45) is 16.6 Å². The lowest BCUT2D eigenvalue weighted by molar-refractivity contribution is -0.153. The molecule has 3 heterocycles. The zero-order valence-electron chi connectivity index (χ0n) is 14.5. The predicted octanol–water partition coefficient (Wildman–Crippen LogP) is -3.14. The first-order chi connectivity index (χ1) is 12.6. The minimum absolute atomic E-state index is 0.242. The van der Waals surface area contributed by atoms with Crippen LogP contribution in [0.1, 0.15) is 6.92 Å². The van der Waals surface area contributed by atoms with Crippen LogP contribution >= 0.6 is 11.8 Å². The number of amidine groups is 1. The molecule has 0 saturated carbocycles. The number of nitrogens with two attached hydrogens (primary N) is 1. The highest BCUT2D eigenvalue weighted by Gasteiger charge is 2.58. The van der Waals surface area contributed by atoms with E-state index in [2.05, 4.69) is 10.3 Å². The molecule has 148 valence electrons. The lowest BCUT2D eigenvalue weighted by Crippen LogP contribution is -2.62. The molecule has 2 amide bonds. The normalized spacial score (nSPS) is 38.9. The molecule has 3 rings (SSSR count). The quantitative estimate of drug-likeness (QED) is 0.242. The fourth-order valence-electron chi connectivity index (χ4n) is 3.41. The smallest absolute Gasteiger partial charge is 0.253 e. The lowest BCUT2D eigenvalue weighted by Gasteiger charge is -2.44. The molecule has 1 saturated heterocycles. The second-order valence-electron chi connectivity index (χ2n) is 6.62. The first-order valence-corrected chi connectivity index (χ1v) is 9.28. The predicted molar refractivity (Wildman–Crippen MR) is 92.9 cm³/mol. The van der Waals surface area contributed by atoms with E-state index in [4.69, 9.17) is 10.5 Å². The molecule has 0 aliphatic carbocycles. The van der Waals surface area contributed by atoms with Gasteiger partial charge in [0.2, 0.25) is 5.91 Å². The number of thioether (sulfide) groups is 1. The van der Waals surface area contributed by atoms with Crippen LogP contribution in [0, 0.1) is 5.92 Å². The number of primary amides is 1. The number of hydrogen-bond donors (Lipinski definition) is 5. The molecule has 0 bridgehead atoms. The van der Waals surface area contributed by atoms with E-state index < -0.39 is 65.9 Å². The van der Waals surface area contributed by atoms with Gasteiger partial charge in [0.05, 0.1) is 12.2 Å². The average Bonchev–Trinajstić information content (AvgIpc) is 2.84.